The molecule has 0 saturated heterocycles. The zero-order chi connectivity index (χ0) is 12.1. The number of aldehydes is 1. The van der Waals surface area contributed by atoms with Gasteiger partial charge in [0.25, 0.3) is 0 Å². The van der Waals surface area contributed by atoms with Crippen molar-refractivity contribution in [1.29, 1.82) is 0 Å². The molecule has 1 aromatic rings. The van der Waals surface area contributed by atoms with Crippen LogP contribution in [0.4, 0.5) is 0 Å². The molecule has 0 N–H and O–H groups in total. The van der Waals surface area contributed by atoms with E-state index in [0.29, 0.717) is 32.7 Å². The van der Waals surface area contributed by atoms with Crippen molar-refractivity contribution in [3.63, 3.8) is 0 Å². The fraction of sp³-hybridized carbons (Fsp3) is 0.462. The van der Waals surface area contributed by atoms with Crippen molar-refractivity contribution in [3.8, 4) is 11.5 Å². The fourth-order valence-corrected chi connectivity index (χ4v) is 1.93. The highest BCUT2D eigenvalue weighted by molar-refractivity contribution is 5.55. The van der Waals surface area contributed by atoms with E-state index in [1.54, 1.807) is 7.11 Å². The third kappa shape index (κ3) is 2.58. The minimum Gasteiger partial charge on any atom is -0.486 e. The van der Waals surface area contributed by atoms with Gasteiger partial charge in [0, 0.05) is 19.1 Å². The van der Waals surface area contributed by atoms with Crippen molar-refractivity contribution in [2.75, 3.05) is 20.3 Å². The first-order valence-electron chi connectivity index (χ1n) is 5.69. The topological polar surface area (TPSA) is 44.8 Å². The van der Waals surface area contributed by atoms with E-state index in [2.05, 4.69) is 0 Å². The Bertz CT molecular complexity index is 401. The predicted octanol–water partition coefficient (Wildman–Crippen LogP) is 1.74. The first kappa shape index (κ1) is 11.9. The summed E-state index contributed by atoms with van der Waals surface area (Å²) in [5, 5.41) is 0. The lowest BCUT2D eigenvalue weighted by Crippen LogP contribution is -2.18. The molecular formula is C13H16O4. The van der Waals surface area contributed by atoms with Gasteiger partial charge in [-0.05, 0) is 12.0 Å². The molecule has 0 bridgehead atoms. The Morgan fingerprint density at radius 1 is 1.24 bits per heavy atom. The van der Waals surface area contributed by atoms with E-state index < -0.39 is 0 Å². The van der Waals surface area contributed by atoms with Gasteiger partial charge in [-0.25, -0.2) is 0 Å². The van der Waals surface area contributed by atoms with E-state index in [4.69, 9.17) is 14.2 Å². The van der Waals surface area contributed by atoms with Crippen LogP contribution in [0.3, 0.4) is 0 Å². The molecule has 17 heavy (non-hydrogen) atoms. The Kier molecular flexibility index (Phi) is 3.98. The Morgan fingerprint density at radius 2 is 1.88 bits per heavy atom. The Morgan fingerprint density at radius 3 is 2.53 bits per heavy atom. The summed E-state index contributed by atoms with van der Waals surface area (Å²) >= 11 is 0. The van der Waals surface area contributed by atoms with Gasteiger partial charge < -0.3 is 19.0 Å². The predicted molar refractivity (Wildman–Crippen MR) is 62.5 cm³/mol. The third-order valence-electron chi connectivity index (χ3n) is 2.68. The lowest BCUT2D eigenvalue weighted by molar-refractivity contribution is -0.107. The van der Waals surface area contributed by atoms with Crippen LogP contribution in [0.5, 0.6) is 11.5 Å². The van der Waals surface area contributed by atoms with Gasteiger partial charge in [-0.15, -0.1) is 0 Å². The number of fused-ring (bicyclic) bond motifs is 1. The van der Waals surface area contributed by atoms with Gasteiger partial charge >= 0.3 is 0 Å². The van der Waals surface area contributed by atoms with Crippen LogP contribution in [0.1, 0.15) is 17.5 Å². The maximum atomic E-state index is 10.4. The smallest absolute Gasteiger partial charge is 0.167 e. The molecule has 0 fully saturated rings. The Labute approximate surface area is 100 Å². The quantitative estimate of drug-likeness (QED) is 0.730. The van der Waals surface area contributed by atoms with Gasteiger partial charge in [0.1, 0.15) is 19.5 Å². The van der Waals surface area contributed by atoms with Crippen LogP contribution in [0.15, 0.2) is 12.1 Å². The molecule has 4 heteroatoms. The largest absolute Gasteiger partial charge is 0.486 e. The first-order chi connectivity index (χ1) is 8.36. The molecule has 92 valence electrons. The van der Waals surface area contributed by atoms with E-state index in [0.717, 1.165) is 28.9 Å². The number of aryl methyl sites for hydroxylation is 1. The van der Waals surface area contributed by atoms with Crippen molar-refractivity contribution in [3.05, 3.63) is 23.3 Å². The standard InChI is InChI=1S/C13H16O4/c1-15-9-11-5-4-10(3-2-6-14)12-13(11)17-8-7-16-12/h4-6H,2-3,7-9H2,1H3. The molecule has 1 aliphatic heterocycles. The summed E-state index contributed by atoms with van der Waals surface area (Å²) in [6.07, 6.45) is 2.10. The number of hydrogen-bond acceptors (Lipinski definition) is 4. The van der Waals surface area contributed by atoms with Crippen LogP contribution < -0.4 is 9.47 Å². The summed E-state index contributed by atoms with van der Waals surface area (Å²) in [7, 11) is 1.65. The molecule has 1 heterocycles. The molecule has 0 unspecified atom stereocenters. The van der Waals surface area contributed by atoms with Crippen LogP contribution in [-0.4, -0.2) is 26.6 Å². The van der Waals surface area contributed by atoms with E-state index >= 15 is 0 Å². The number of methoxy groups -OCH3 is 1. The van der Waals surface area contributed by atoms with Gasteiger partial charge in [0.05, 0.1) is 6.61 Å². The number of carbonyl (C=O) groups excluding carboxylic acids is 1. The first-order valence-corrected chi connectivity index (χ1v) is 5.69. The van der Waals surface area contributed by atoms with Crippen molar-refractivity contribution < 1.29 is 19.0 Å². The zero-order valence-corrected chi connectivity index (χ0v) is 9.90. The average molecular weight is 236 g/mol. The molecule has 0 aliphatic carbocycles. The lowest BCUT2D eigenvalue weighted by atomic mass is 10.0. The maximum absolute atomic E-state index is 10.4. The van der Waals surface area contributed by atoms with Crippen LogP contribution >= 0.6 is 0 Å². The Hall–Kier alpha value is -1.55. The minimum absolute atomic E-state index is 0.499. The lowest BCUT2D eigenvalue weighted by Gasteiger charge is -2.23. The summed E-state index contributed by atoms with van der Waals surface area (Å²) in [4.78, 5) is 10.4. The van der Waals surface area contributed by atoms with Crippen molar-refractivity contribution >= 4 is 6.29 Å². The second kappa shape index (κ2) is 5.68. The summed E-state index contributed by atoms with van der Waals surface area (Å²) in [5.74, 6) is 1.54. The van der Waals surface area contributed by atoms with E-state index in [1.807, 2.05) is 12.1 Å². The second-order valence-corrected chi connectivity index (χ2v) is 3.88. The van der Waals surface area contributed by atoms with Crippen molar-refractivity contribution in [2.24, 2.45) is 0 Å². The average Bonchev–Trinajstić information content (AvgIpc) is 2.38. The zero-order valence-electron chi connectivity index (χ0n) is 9.90. The molecule has 1 aromatic carbocycles. The molecule has 1 aliphatic rings. The summed E-state index contributed by atoms with van der Waals surface area (Å²) in [6.45, 7) is 1.61. The summed E-state index contributed by atoms with van der Waals surface area (Å²) in [5.41, 5.74) is 2.00. The number of rotatable bonds is 5. The molecule has 2 rings (SSSR count). The van der Waals surface area contributed by atoms with Gasteiger partial charge in [-0.2, -0.15) is 0 Å². The van der Waals surface area contributed by atoms with E-state index in [9.17, 15) is 4.79 Å². The third-order valence-corrected chi connectivity index (χ3v) is 2.68. The van der Waals surface area contributed by atoms with Crippen molar-refractivity contribution in [1.82, 2.24) is 0 Å². The SMILES string of the molecule is COCc1ccc(CCC=O)c2c1OCCO2. The van der Waals surface area contributed by atoms with E-state index in [-0.39, 0.29) is 0 Å². The monoisotopic (exact) mass is 236 g/mol. The van der Waals surface area contributed by atoms with Gasteiger partial charge in [-0.1, -0.05) is 12.1 Å². The normalized spacial score (nSPS) is 13.5. The number of ether oxygens (including phenoxy) is 3. The van der Waals surface area contributed by atoms with E-state index in [1.165, 1.54) is 0 Å². The van der Waals surface area contributed by atoms with Gasteiger partial charge in [0.2, 0.25) is 0 Å². The number of benzene rings is 1. The highest BCUT2D eigenvalue weighted by Gasteiger charge is 2.19. The molecular weight excluding hydrogens is 220 g/mol. The van der Waals surface area contributed by atoms with Crippen LogP contribution in [-0.2, 0) is 22.6 Å². The fourth-order valence-electron chi connectivity index (χ4n) is 1.93. The molecule has 0 aromatic heterocycles. The summed E-state index contributed by atoms with van der Waals surface area (Å²) < 4.78 is 16.4. The van der Waals surface area contributed by atoms with Crippen LogP contribution in [0, 0.1) is 0 Å². The summed E-state index contributed by atoms with van der Waals surface area (Å²) in [6, 6.07) is 3.95. The van der Waals surface area contributed by atoms with Crippen LogP contribution in [0.25, 0.3) is 0 Å². The number of carbonyl (C=O) groups is 1. The van der Waals surface area contributed by atoms with Crippen molar-refractivity contribution in [2.45, 2.75) is 19.4 Å². The molecule has 0 radical (unpaired) electrons. The Balaban J connectivity index is 2.32. The number of hydrogen-bond donors (Lipinski definition) is 0. The molecule has 0 amide bonds. The maximum Gasteiger partial charge on any atom is 0.167 e. The highest BCUT2D eigenvalue weighted by Crippen LogP contribution is 2.38. The molecule has 4 nitrogen and oxygen atoms in total. The van der Waals surface area contributed by atoms with Crippen LogP contribution in [0.2, 0.25) is 0 Å². The molecule has 0 saturated carbocycles. The molecule has 0 spiro atoms. The van der Waals surface area contributed by atoms with Gasteiger partial charge in [-0.3, -0.25) is 0 Å². The second-order valence-electron chi connectivity index (χ2n) is 3.88. The molecule has 0 atom stereocenters. The minimum atomic E-state index is 0.499. The van der Waals surface area contributed by atoms with Gasteiger partial charge in [0.15, 0.2) is 11.5 Å². The highest BCUT2D eigenvalue weighted by atomic mass is 16.6.